The zero-order valence-electron chi connectivity index (χ0n) is 33.6. The number of rotatable bonds is 9. The van der Waals surface area contributed by atoms with Crippen LogP contribution in [0.4, 0.5) is 28.4 Å². The fraction of sp³-hybridized carbons (Fsp3) is 0.0909. The highest BCUT2D eigenvalue weighted by atomic mass is 16.5. The van der Waals surface area contributed by atoms with Gasteiger partial charge >= 0.3 is 0 Å². The van der Waals surface area contributed by atoms with Gasteiger partial charge in [-0.1, -0.05) is 91.0 Å². The quantitative estimate of drug-likeness (QED) is 0.146. The molecule has 11 aromatic rings. The molecular formula is C55H42N2O2. The van der Waals surface area contributed by atoms with Crippen LogP contribution >= 0.6 is 0 Å². The Morgan fingerprint density at radius 3 is 1.34 bits per heavy atom. The molecule has 0 fully saturated rings. The molecule has 0 atom stereocenters. The molecule has 0 heterocycles. The van der Waals surface area contributed by atoms with Crippen molar-refractivity contribution in [2.45, 2.75) is 20.4 Å². The van der Waals surface area contributed by atoms with Crippen molar-refractivity contribution < 1.29 is 9.47 Å². The highest BCUT2D eigenvalue weighted by Crippen LogP contribution is 2.52. The molecule has 0 aliphatic carbocycles. The maximum atomic E-state index is 5.54. The van der Waals surface area contributed by atoms with Gasteiger partial charge in [-0.05, 0) is 169 Å². The van der Waals surface area contributed by atoms with Gasteiger partial charge in [0.25, 0.3) is 0 Å². The number of anilines is 5. The van der Waals surface area contributed by atoms with E-state index in [-0.39, 0.29) is 0 Å². The second-order valence-electron chi connectivity index (χ2n) is 15.6. The maximum absolute atomic E-state index is 5.54. The predicted molar refractivity (Wildman–Crippen MR) is 250 cm³/mol. The van der Waals surface area contributed by atoms with Crippen LogP contribution in [0.5, 0.6) is 11.5 Å². The first-order chi connectivity index (χ1) is 29.0. The normalized spacial score (nSPS) is 11.8. The van der Waals surface area contributed by atoms with E-state index >= 15 is 0 Å². The minimum atomic E-state index is 0.732. The lowest BCUT2D eigenvalue weighted by Crippen LogP contribution is -2.16. The molecule has 0 N–H and O–H groups in total. The molecule has 0 saturated carbocycles. The minimum absolute atomic E-state index is 0.732. The van der Waals surface area contributed by atoms with E-state index in [0.717, 1.165) is 46.5 Å². The van der Waals surface area contributed by atoms with E-state index in [9.17, 15) is 0 Å². The van der Waals surface area contributed by atoms with Gasteiger partial charge < -0.3 is 19.3 Å². The van der Waals surface area contributed by atoms with Crippen LogP contribution in [0.15, 0.2) is 170 Å². The molecule has 11 rings (SSSR count). The molecule has 0 spiro atoms. The number of nitrogens with zero attached hydrogens (tertiary/aromatic N) is 2. The lowest BCUT2D eigenvalue weighted by molar-refractivity contribution is 0.414. The number of benzene rings is 9. The molecule has 0 bridgehead atoms. The van der Waals surface area contributed by atoms with Crippen LogP contribution in [0.2, 0.25) is 0 Å². The van der Waals surface area contributed by atoms with Gasteiger partial charge in [0.2, 0.25) is 0 Å². The third-order valence-corrected chi connectivity index (χ3v) is 12.6. The average molecular weight is 763 g/mol. The van der Waals surface area contributed by atoms with Gasteiger partial charge in [0.05, 0.1) is 19.9 Å². The zero-order chi connectivity index (χ0) is 39.8. The number of hydrogen-bond acceptors (Lipinski definition) is 4. The van der Waals surface area contributed by atoms with Crippen molar-refractivity contribution in [2.75, 3.05) is 24.0 Å². The number of ether oxygens (including phenoxy) is 2. The second-order valence-corrected chi connectivity index (χ2v) is 15.6. The Hall–Kier alpha value is -7.30. The molecule has 0 unspecified atom stereocenters. The highest BCUT2D eigenvalue weighted by Gasteiger charge is 2.26. The first-order valence-corrected chi connectivity index (χ1v) is 20.3. The summed E-state index contributed by atoms with van der Waals surface area (Å²) in [6.45, 7) is 5.43. The summed E-state index contributed by atoms with van der Waals surface area (Å²) in [6.07, 6.45) is 0. The first kappa shape index (κ1) is 34.9. The topological polar surface area (TPSA) is 24.9 Å². The third kappa shape index (κ3) is 5.29. The van der Waals surface area contributed by atoms with Crippen molar-refractivity contribution in [2.24, 2.45) is 0 Å². The Balaban J connectivity index is 1.12. The van der Waals surface area contributed by atoms with Crippen LogP contribution in [0.3, 0.4) is 0 Å². The van der Waals surface area contributed by atoms with E-state index in [2.05, 4.69) is 169 Å². The highest BCUT2D eigenvalue weighted by molar-refractivity contribution is 6.40. The summed E-state index contributed by atoms with van der Waals surface area (Å²) in [4.78, 5) is 4.77. The molecule has 4 nitrogen and oxygen atoms in total. The van der Waals surface area contributed by atoms with Crippen molar-refractivity contribution in [3.05, 3.63) is 187 Å². The number of hydrogen-bond donors (Lipinski definition) is 0. The zero-order valence-corrected chi connectivity index (χ0v) is 33.6. The third-order valence-electron chi connectivity index (χ3n) is 12.6. The monoisotopic (exact) mass is 762 g/mol. The van der Waals surface area contributed by atoms with Crippen molar-refractivity contribution >= 4 is 93.1 Å². The predicted octanol–water partition coefficient (Wildman–Crippen LogP) is 14.9. The van der Waals surface area contributed by atoms with Crippen molar-refractivity contribution in [1.29, 1.82) is 0 Å². The summed E-state index contributed by atoms with van der Waals surface area (Å²) < 4.78 is 11.0. The number of aryl methyl sites for hydroxylation is 2. The Kier molecular flexibility index (Phi) is 8.09. The largest absolute Gasteiger partial charge is 0.497 e. The van der Waals surface area contributed by atoms with Crippen molar-refractivity contribution in [3.63, 3.8) is 0 Å². The Bertz CT molecular complexity index is 3260. The minimum Gasteiger partial charge on any atom is -0.497 e. The molecule has 0 amide bonds. The van der Waals surface area contributed by atoms with Gasteiger partial charge in [-0.3, -0.25) is 0 Å². The molecule has 0 radical (unpaired) electrons. The molecule has 0 aliphatic rings. The lowest BCUT2D eigenvalue weighted by atomic mass is 9.95. The molecule has 4 heteroatoms. The Labute approximate surface area is 343 Å². The van der Waals surface area contributed by atoms with Gasteiger partial charge in [0.15, 0.2) is 0 Å². The fourth-order valence-electron chi connectivity index (χ4n) is 9.98. The van der Waals surface area contributed by atoms with Crippen LogP contribution in [-0.2, 0) is 6.54 Å². The number of fused-ring (bicyclic) bond motifs is 6. The lowest BCUT2D eigenvalue weighted by Gasteiger charge is -2.27. The molecular weight excluding hydrogens is 721 g/mol. The van der Waals surface area contributed by atoms with Crippen LogP contribution in [0.1, 0.15) is 16.7 Å². The summed E-state index contributed by atoms with van der Waals surface area (Å²) in [5.74, 6) is 1.69. The summed E-state index contributed by atoms with van der Waals surface area (Å²) >= 11 is 0. The standard InChI is InChI=1S/C55H42N2O2/c1-34-50-45-19-11-17-43-36(33-56(37-13-7-5-8-14-37)38-22-26-41(58-3)27-23-38)21-30-47(54(43)45)52(50)35(2)51-46-20-12-18-44-49(32-31-48(53(34)51)55(44)46)57(39-15-9-6-10-16-39)40-24-28-42(59-4)29-25-40/h5-32H,33H2,1-4H3. The van der Waals surface area contributed by atoms with Crippen molar-refractivity contribution in [3.8, 4) is 11.5 Å². The van der Waals surface area contributed by atoms with Crippen molar-refractivity contribution in [1.82, 2.24) is 0 Å². The summed E-state index contributed by atoms with van der Waals surface area (Å²) in [6, 6.07) is 61.3. The molecule has 0 aliphatic heterocycles. The van der Waals surface area contributed by atoms with Gasteiger partial charge in [0, 0.05) is 34.7 Å². The summed E-state index contributed by atoms with van der Waals surface area (Å²) in [7, 11) is 3.43. The van der Waals surface area contributed by atoms with E-state index in [4.69, 9.17) is 9.47 Å². The average Bonchev–Trinajstić information content (AvgIpc) is 3.83. The van der Waals surface area contributed by atoms with E-state index < -0.39 is 0 Å². The smallest absolute Gasteiger partial charge is 0.119 e. The van der Waals surface area contributed by atoms with Crippen LogP contribution in [0, 0.1) is 13.8 Å². The molecule has 0 aromatic heterocycles. The Morgan fingerprint density at radius 1 is 0.356 bits per heavy atom. The van der Waals surface area contributed by atoms with Crippen LogP contribution in [0.25, 0.3) is 64.6 Å². The van der Waals surface area contributed by atoms with Gasteiger partial charge in [-0.2, -0.15) is 0 Å². The molecule has 11 aromatic carbocycles. The molecule has 284 valence electrons. The van der Waals surface area contributed by atoms with E-state index in [0.29, 0.717) is 0 Å². The summed E-state index contributed by atoms with van der Waals surface area (Å²) in [5, 5.41) is 15.9. The SMILES string of the molecule is COc1ccc(N(Cc2ccc3c4c(C)c5c6cccc7c(N(c8ccccc8)c8ccc(OC)cc8)ccc(c5c(C)c4c4cccc2c34)c76)c2ccccc2)cc1. The van der Waals surface area contributed by atoms with E-state index in [1.807, 2.05) is 24.3 Å². The Morgan fingerprint density at radius 2 is 0.780 bits per heavy atom. The number of para-hydroxylation sites is 2. The maximum Gasteiger partial charge on any atom is 0.119 e. The second kappa shape index (κ2) is 13.7. The fourth-order valence-corrected chi connectivity index (χ4v) is 9.98. The van der Waals surface area contributed by atoms with Crippen LogP contribution < -0.4 is 19.3 Å². The van der Waals surface area contributed by atoms with Gasteiger partial charge in [-0.15, -0.1) is 0 Å². The van der Waals surface area contributed by atoms with Crippen LogP contribution in [-0.4, -0.2) is 14.2 Å². The molecule has 0 saturated heterocycles. The summed E-state index contributed by atoms with van der Waals surface area (Å²) in [5.41, 5.74) is 9.60. The van der Waals surface area contributed by atoms with E-state index in [1.54, 1.807) is 14.2 Å². The number of methoxy groups -OCH3 is 2. The first-order valence-electron chi connectivity index (χ1n) is 20.3. The van der Waals surface area contributed by atoms with Gasteiger partial charge in [0.1, 0.15) is 11.5 Å². The molecule has 59 heavy (non-hydrogen) atoms. The van der Waals surface area contributed by atoms with E-state index in [1.165, 1.54) is 81.3 Å². The van der Waals surface area contributed by atoms with Gasteiger partial charge in [-0.25, -0.2) is 0 Å².